The summed E-state index contributed by atoms with van der Waals surface area (Å²) in [6, 6.07) is 0. The van der Waals surface area contributed by atoms with Gasteiger partial charge < -0.3 is 29.6 Å². The lowest BCUT2D eigenvalue weighted by Crippen LogP contribution is -2.35. The summed E-state index contributed by atoms with van der Waals surface area (Å²) in [6.07, 6.45) is 24.9. The van der Waals surface area contributed by atoms with E-state index < -0.39 is 0 Å². The van der Waals surface area contributed by atoms with Gasteiger partial charge in [0.25, 0.3) is 11.8 Å². The number of amides is 2. The number of ether oxygens (including phenoxy) is 4. The fraction of sp³-hybridized carbons (Fsp3) is 0.882. The summed E-state index contributed by atoms with van der Waals surface area (Å²) in [5.41, 5.74) is 0.244. The van der Waals surface area contributed by atoms with Crippen molar-refractivity contribution in [2.24, 2.45) is 0 Å². The summed E-state index contributed by atoms with van der Waals surface area (Å²) in [4.78, 5) is 25.7. The average Bonchev–Trinajstić information content (AvgIpc) is 3.92. The first-order valence-corrected chi connectivity index (χ1v) is 17.4. The van der Waals surface area contributed by atoms with Crippen LogP contribution in [0.15, 0.2) is 11.6 Å². The molecular formula is C34H62N2O6. The van der Waals surface area contributed by atoms with Gasteiger partial charge in [-0.1, -0.05) is 96.5 Å². The molecule has 8 nitrogen and oxygen atoms in total. The normalized spacial score (nSPS) is 17.2. The molecule has 2 atom stereocenters. The fourth-order valence-electron chi connectivity index (χ4n) is 4.88. The van der Waals surface area contributed by atoms with E-state index in [9.17, 15) is 9.59 Å². The van der Waals surface area contributed by atoms with Gasteiger partial charge in [-0.15, -0.1) is 0 Å². The van der Waals surface area contributed by atoms with Crippen LogP contribution in [0.1, 0.15) is 129 Å². The summed E-state index contributed by atoms with van der Waals surface area (Å²) < 4.78 is 21.4. The second-order valence-corrected chi connectivity index (χ2v) is 12.0. The Kier molecular flexibility index (Phi) is 22.7. The van der Waals surface area contributed by atoms with Crippen LogP contribution in [0, 0.1) is 0 Å². The number of unbranched alkanes of at least 4 members (excludes halogenated alkanes) is 16. The minimum absolute atomic E-state index is 0.244. The molecule has 2 rings (SSSR count). The van der Waals surface area contributed by atoms with Crippen molar-refractivity contribution >= 4 is 11.8 Å². The molecular weight excluding hydrogens is 532 g/mol. The maximum Gasteiger partial charge on any atom is 0.256 e. The number of hydrogen-bond donors (Lipinski definition) is 2. The van der Waals surface area contributed by atoms with Gasteiger partial charge in [-0.05, 0) is 38.5 Å². The van der Waals surface area contributed by atoms with E-state index in [4.69, 9.17) is 18.9 Å². The predicted octanol–water partition coefficient (Wildman–Crippen LogP) is 6.41. The molecule has 0 aromatic carbocycles. The lowest BCUT2D eigenvalue weighted by molar-refractivity contribution is -0.123. The summed E-state index contributed by atoms with van der Waals surface area (Å²) in [7, 11) is 0. The number of epoxide rings is 2. The molecule has 2 amide bonds. The first-order valence-electron chi connectivity index (χ1n) is 17.4. The van der Waals surface area contributed by atoms with Crippen molar-refractivity contribution in [1.29, 1.82) is 0 Å². The topological polar surface area (TPSA) is 102 Å². The molecule has 0 saturated carbocycles. The number of carbonyl (C=O) groups is 2. The quantitative estimate of drug-likeness (QED) is 0.0316. The first kappa shape index (κ1) is 36.7. The first-order chi connectivity index (χ1) is 20.7. The van der Waals surface area contributed by atoms with Crippen LogP contribution in [0.2, 0.25) is 0 Å². The van der Waals surface area contributed by atoms with Crippen LogP contribution < -0.4 is 10.6 Å². The summed E-state index contributed by atoms with van der Waals surface area (Å²) in [6.45, 7) is 7.58. The molecule has 8 heteroatoms. The van der Waals surface area contributed by atoms with E-state index >= 15 is 0 Å². The Labute approximate surface area is 256 Å². The van der Waals surface area contributed by atoms with Crippen molar-refractivity contribution in [3.8, 4) is 0 Å². The third-order valence-corrected chi connectivity index (χ3v) is 7.81. The summed E-state index contributed by atoms with van der Waals surface area (Å²) in [5, 5.41) is 5.87. The van der Waals surface area contributed by atoms with E-state index in [-0.39, 0.29) is 29.6 Å². The van der Waals surface area contributed by atoms with E-state index in [0.717, 1.165) is 58.2 Å². The van der Waals surface area contributed by atoms with Crippen LogP contribution in [-0.2, 0) is 28.5 Å². The fourth-order valence-corrected chi connectivity index (χ4v) is 4.88. The zero-order chi connectivity index (χ0) is 29.9. The maximum absolute atomic E-state index is 12.9. The average molecular weight is 595 g/mol. The van der Waals surface area contributed by atoms with Gasteiger partial charge in [0, 0.05) is 26.3 Å². The number of nitrogens with one attached hydrogen (secondary N) is 2. The Balaban J connectivity index is 1.55. The van der Waals surface area contributed by atoms with Crippen LogP contribution in [0.4, 0.5) is 0 Å². The molecule has 42 heavy (non-hydrogen) atoms. The molecule has 0 aromatic heterocycles. The third-order valence-electron chi connectivity index (χ3n) is 7.81. The molecule has 2 aliphatic rings. The Morgan fingerprint density at radius 2 is 1.02 bits per heavy atom. The Hall–Kier alpha value is -1.48. The van der Waals surface area contributed by atoms with Gasteiger partial charge in [0.2, 0.25) is 0 Å². The highest BCUT2D eigenvalue weighted by atomic mass is 16.6. The van der Waals surface area contributed by atoms with Crippen molar-refractivity contribution < 1.29 is 28.5 Å². The highest BCUT2D eigenvalue weighted by Crippen LogP contribution is 2.14. The van der Waals surface area contributed by atoms with Crippen molar-refractivity contribution in [3.05, 3.63) is 11.6 Å². The summed E-state index contributed by atoms with van der Waals surface area (Å²) in [5.74, 6) is -0.559. The smallest absolute Gasteiger partial charge is 0.256 e. The van der Waals surface area contributed by atoms with Crippen LogP contribution in [0.5, 0.6) is 0 Å². The zero-order valence-corrected chi connectivity index (χ0v) is 26.8. The van der Waals surface area contributed by atoms with E-state index in [1.54, 1.807) is 0 Å². The molecule has 2 N–H and O–H groups in total. The minimum atomic E-state index is -0.280. The van der Waals surface area contributed by atoms with Crippen molar-refractivity contribution in [1.82, 2.24) is 10.6 Å². The van der Waals surface area contributed by atoms with Gasteiger partial charge in [-0.2, -0.15) is 0 Å². The summed E-state index contributed by atoms with van der Waals surface area (Å²) >= 11 is 0. The van der Waals surface area contributed by atoms with E-state index in [1.807, 2.05) is 6.08 Å². The van der Waals surface area contributed by atoms with Crippen molar-refractivity contribution in [2.45, 2.75) is 141 Å². The highest BCUT2D eigenvalue weighted by molar-refractivity contribution is 6.18. The van der Waals surface area contributed by atoms with Crippen molar-refractivity contribution in [3.63, 3.8) is 0 Å². The number of allylic oxidation sites excluding steroid dienone is 1. The largest absolute Gasteiger partial charge is 0.379 e. The van der Waals surface area contributed by atoms with Gasteiger partial charge in [0.05, 0.1) is 26.4 Å². The molecule has 2 fully saturated rings. The monoisotopic (exact) mass is 594 g/mol. The van der Waals surface area contributed by atoms with E-state index in [1.165, 1.54) is 77.0 Å². The van der Waals surface area contributed by atoms with E-state index in [0.29, 0.717) is 39.5 Å². The van der Waals surface area contributed by atoms with Crippen LogP contribution in [0.3, 0.4) is 0 Å². The molecule has 0 bridgehead atoms. The molecule has 2 saturated heterocycles. The Bertz CT molecular complexity index is 668. The molecule has 2 heterocycles. The second kappa shape index (κ2) is 26.0. The minimum Gasteiger partial charge on any atom is -0.379 e. The SMILES string of the molecule is CCCCCCCCCCCCCCCCC=C(C(=O)NCCCCOCC1CO1)C(=O)NCCCCOCC1CO1. The Morgan fingerprint density at radius 3 is 1.43 bits per heavy atom. The molecule has 2 unspecified atom stereocenters. The number of hydrogen-bond acceptors (Lipinski definition) is 6. The van der Waals surface area contributed by atoms with Gasteiger partial charge in [-0.25, -0.2) is 0 Å². The van der Waals surface area contributed by atoms with Crippen LogP contribution in [0.25, 0.3) is 0 Å². The van der Waals surface area contributed by atoms with Gasteiger partial charge >= 0.3 is 0 Å². The zero-order valence-electron chi connectivity index (χ0n) is 26.8. The highest BCUT2D eigenvalue weighted by Gasteiger charge is 2.22. The lowest BCUT2D eigenvalue weighted by Gasteiger charge is -2.11. The third kappa shape index (κ3) is 22.1. The molecule has 0 aliphatic carbocycles. The van der Waals surface area contributed by atoms with Gasteiger partial charge in [0.1, 0.15) is 17.8 Å². The molecule has 0 radical (unpaired) electrons. The van der Waals surface area contributed by atoms with Crippen LogP contribution in [-0.4, -0.2) is 76.8 Å². The maximum atomic E-state index is 12.9. The molecule has 244 valence electrons. The van der Waals surface area contributed by atoms with Crippen LogP contribution >= 0.6 is 0 Å². The van der Waals surface area contributed by atoms with Crippen molar-refractivity contribution in [2.75, 3.05) is 52.7 Å². The predicted molar refractivity (Wildman–Crippen MR) is 169 cm³/mol. The van der Waals surface area contributed by atoms with E-state index in [2.05, 4.69) is 17.6 Å². The Morgan fingerprint density at radius 1 is 0.619 bits per heavy atom. The molecule has 0 aromatic rings. The number of carbonyl (C=O) groups excluding carboxylic acids is 2. The standard InChI is InChI=1S/C34H62N2O6/c1-2-3-4-5-6-7-8-9-10-11-12-13-14-15-16-21-32(33(37)35-22-17-19-24-39-26-30-28-41-30)34(38)36-23-18-20-25-40-27-31-29-42-31/h21,30-31H,2-20,22-29H2,1H3,(H,35,37)(H,36,38). The molecule has 0 spiro atoms. The second-order valence-electron chi connectivity index (χ2n) is 12.0. The number of rotatable bonds is 31. The van der Waals surface area contributed by atoms with Gasteiger partial charge in [-0.3, -0.25) is 9.59 Å². The van der Waals surface area contributed by atoms with Gasteiger partial charge in [0.15, 0.2) is 0 Å². The molecule has 2 aliphatic heterocycles. The lowest BCUT2D eigenvalue weighted by atomic mass is 10.0.